The normalized spacial score (nSPS) is 16.4. The average Bonchev–Trinajstić information content (AvgIpc) is 2.67. The van der Waals surface area contributed by atoms with Gasteiger partial charge in [0.15, 0.2) is 0 Å². The van der Waals surface area contributed by atoms with E-state index in [1.54, 1.807) is 0 Å². The van der Waals surface area contributed by atoms with Gasteiger partial charge in [0, 0.05) is 12.6 Å². The maximum absolute atomic E-state index is 10.3. The Kier molecular flexibility index (Phi) is 7.63. The fourth-order valence-corrected chi connectivity index (χ4v) is 4.67. The molecule has 0 heterocycles. The number of halogens is 2. The minimum absolute atomic E-state index is 0.409. The van der Waals surface area contributed by atoms with Gasteiger partial charge in [0.2, 0.25) is 0 Å². The summed E-state index contributed by atoms with van der Waals surface area (Å²) in [5.74, 6) is 0.409. The van der Waals surface area contributed by atoms with Crippen LogP contribution in [0, 0.1) is 17.2 Å². The Morgan fingerprint density at radius 2 is 1.83 bits per heavy atom. The van der Waals surface area contributed by atoms with Crippen LogP contribution in [0.3, 0.4) is 0 Å². The largest absolute Gasteiger partial charge is 0.297 e. The highest BCUT2D eigenvalue weighted by molar-refractivity contribution is 6.42. The van der Waals surface area contributed by atoms with Crippen molar-refractivity contribution in [1.82, 2.24) is 4.90 Å². The van der Waals surface area contributed by atoms with E-state index in [1.165, 1.54) is 12.0 Å². The second-order valence-electron chi connectivity index (χ2n) is 8.49. The van der Waals surface area contributed by atoms with Gasteiger partial charge in [-0.15, -0.1) is 0 Å². The number of hydrogen-bond donors (Lipinski definition) is 0. The molecule has 29 heavy (non-hydrogen) atoms. The predicted octanol–water partition coefficient (Wildman–Crippen LogP) is 7.25. The van der Waals surface area contributed by atoms with Crippen LogP contribution in [0.1, 0.15) is 57.1 Å². The molecule has 2 aromatic carbocycles. The number of benzene rings is 2. The van der Waals surface area contributed by atoms with Gasteiger partial charge in [0.05, 0.1) is 21.5 Å². The second kappa shape index (κ2) is 9.98. The van der Waals surface area contributed by atoms with Crippen LogP contribution in [-0.2, 0) is 12.0 Å². The van der Waals surface area contributed by atoms with E-state index in [0.717, 1.165) is 44.3 Å². The Hall–Kier alpha value is -1.53. The van der Waals surface area contributed by atoms with E-state index in [2.05, 4.69) is 55.1 Å². The Morgan fingerprint density at radius 3 is 2.38 bits per heavy atom. The summed E-state index contributed by atoms with van der Waals surface area (Å²) in [6.45, 7) is 6.40. The monoisotopic (exact) mass is 428 g/mol. The molecule has 0 N–H and O–H groups in total. The minimum atomic E-state index is -0.470. The predicted molar refractivity (Wildman–Crippen MR) is 122 cm³/mol. The number of hydrogen-bond acceptors (Lipinski definition) is 2. The number of nitrogens with zero attached hydrogens (tertiary/aromatic N) is 2. The highest BCUT2D eigenvalue weighted by Crippen LogP contribution is 2.47. The Labute approximate surface area is 185 Å². The summed E-state index contributed by atoms with van der Waals surface area (Å²) in [7, 11) is 0. The van der Waals surface area contributed by atoms with Crippen LogP contribution in [0.4, 0.5) is 0 Å². The fraction of sp³-hybridized carbons (Fsp3) is 0.480. The Morgan fingerprint density at radius 1 is 1.10 bits per heavy atom. The summed E-state index contributed by atoms with van der Waals surface area (Å²) < 4.78 is 0. The van der Waals surface area contributed by atoms with E-state index in [4.69, 9.17) is 23.2 Å². The maximum atomic E-state index is 10.3. The average molecular weight is 429 g/mol. The summed E-state index contributed by atoms with van der Waals surface area (Å²) >= 11 is 12.4. The van der Waals surface area contributed by atoms with E-state index < -0.39 is 5.41 Å². The van der Waals surface area contributed by atoms with Crippen LogP contribution in [0.5, 0.6) is 0 Å². The zero-order chi connectivity index (χ0) is 20.9. The molecule has 154 valence electrons. The molecule has 0 saturated heterocycles. The highest BCUT2D eigenvalue weighted by atomic mass is 35.5. The third-order valence-electron chi connectivity index (χ3n) is 6.41. The lowest BCUT2D eigenvalue weighted by molar-refractivity contribution is 0.170. The molecule has 0 spiro atoms. The topological polar surface area (TPSA) is 27.0 Å². The van der Waals surface area contributed by atoms with Crippen molar-refractivity contribution < 1.29 is 0 Å². The van der Waals surface area contributed by atoms with Gasteiger partial charge in [-0.05, 0) is 75.3 Å². The molecule has 0 amide bonds. The quantitative estimate of drug-likeness (QED) is 0.420. The van der Waals surface area contributed by atoms with Crippen molar-refractivity contribution >= 4 is 23.2 Å². The van der Waals surface area contributed by atoms with Crippen molar-refractivity contribution in [1.29, 1.82) is 5.26 Å². The van der Waals surface area contributed by atoms with Gasteiger partial charge < -0.3 is 0 Å². The van der Waals surface area contributed by atoms with Gasteiger partial charge in [0.25, 0.3) is 0 Å². The number of nitriles is 1. The smallest absolute Gasteiger partial charge is 0.0851 e. The zero-order valence-electron chi connectivity index (χ0n) is 17.4. The first kappa shape index (κ1) is 22.2. The summed E-state index contributed by atoms with van der Waals surface area (Å²) in [6.07, 6.45) is 5.28. The van der Waals surface area contributed by atoms with Crippen LogP contribution >= 0.6 is 23.2 Å². The van der Waals surface area contributed by atoms with Crippen molar-refractivity contribution in [2.45, 2.75) is 64.0 Å². The lowest BCUT2D eigenvalue weighted by atomic mass is 9.61. The molecular formula is C25H30Cl2N2. The van der Waals surface area contributed by atoms with Crippen molar-refractivity contribution in [3.63, 3.8) is 0 Å². The lowest BCUT2D eigenvalue weighted by Crippen LogP contribution is -2.39. The minimum Gasteiger partial charge on any atom is -0.297 e. The third-order valence-corrected chi connectivity index (χ3v) is 7.15. The van der Waals surface area contributed by atoms with Gasteiger partial charge in [0.1, 0.15) is 0 Å². The van der Waals surface area contributed by atoms with E-state index >= 15 is 0 Å². The van der Waals surface area contributed by atoms with Crippen molar-refractivity contribution in [2.75, 3.05) is 6.54 Å². The SMILES string of the molecule is CC(C)N(CCCC(C#N)(c1ccc(Cl)c(Cl)c1)C1CCC1)Cc1ccccc1. The molecular weight excluding hydrogens is 399 g/mol. The Balaban J connectivity index is 1.74. The molecule has 2 nitrogen and oxygen atoms in total. The van der Waals surface area contributed by atoms with Crippen LogP contribution in [-0.4, -0.2) is 17.5 Å². The maximum Gasteiger partial charge on any atom is 0.0851 e. The van der Waals surface area contributed by atoms with Crippen LogP contribution in [0.25, 0.3) is 0 Å². The third kappa shape index (κ3) is 5.15. The molecule has 4 heteroatoms. The van der Waals surface area contributed by atoms with Gasteiger partial charge in [-0.25, -0.2) is 0 Å². The first-order valence-corrected chi connectivity index (χ1v) is 11.4. The van der Waals surface area contributed by atoms with Crippen LogP contribution < -0.4 is 0 Å². The molecule has 0 bridgehead atoms. The van der Waals surface area contributed by atoms with E-state index in [9.17, 15) is 5.26 Å². The Bertz CT molecular complexity index is 840. The van der Waals surface area contributed by atoms with Gasteiger partial charge in [-0.1, -0.05) is 66.0 Å². The molecule has 1 unspecified atom stereocenters. The lowest BCUT2D eigenvalue weighted by Gasteiger charge is -2.41. The van der Waals surface area contributed by atoms with Gasteiger partial charge in [-0.3, -0.25) is 4.90 Å². The van der Waals surface area contributed by atoms with Crippen molar-refractivity contribution in [3.05, 3.63) is 69.7 Å². The molecule has 1 fully saturated rings. The van der Waals surface area contributed by atoms with Gasteiger partial charge >= 0.3 is 0 Å². The molecule has 1 saturated carbocycles. The molecule has 0 aromatic heterocycles. The first-order chi connectivity index (χ1) is 14.0. The van der Waals surface area contributed by atoms with E-state index in [1.807, 2.05) is 18.2 Å². The fourth-order valence-electron chi connectivity index (χ4n) is 4.37. The number of rotatable bonds is 9. The highest BCUT2D eigenvalue weighted by Gasteiger charge is 2.43. The summed E-state index contributed by atoms with van der Waals surface area (Å²) in [6, 6.07) is 19.5. The molecule has 3 rings (SSSR count). The van der Waals surface area contributed by atoms with E-state index in [0.29, 0.717) is 22.0 Å². The zero-order valence-corrected chi connectivity index (χ0v) is 18.9. The van der Waals surface area contributed by atoms with Crippen molar-refractivity contribution in [2.24, 2.45) is 5.92 Å². The van der Waals surface area contributed by atoms with Crippen LogP contribution in [0.2, 0.25) is 10.0 Å². The summed E-state index contributed by atoms with van der Waals surface area (Å²) in [5.41, 5.74) is 1.89. The molecule has 1 atom stereocenters. The van der Waals surface area contributed by atoms with Crippen LogP contribution in [0.15, 0.2) is 48.5 Å². The van der Waals surface area contributed by atoms with Crippen molar-refractivity contribution in [3.8, 4) is 6.07 Å². The molecule has 0 aliphatic heterocycles. The first-order valence-electron chi connectivity index (χ1n) is 10.6. The second-order valence-corrected chi connectivity index (χ2v) is 9.31. The van der Waals surface area contributed by atoms with Gasteiger partial charge in [-0.2, -0.15) is 5.26 Å². The summed E-state index contributed by atoms with van der Waals surface area (Å²) in [4.78, 5) is 2.49. The molecule has 1 aliphatic carbocycles. The van der Waals surface area contributed by atoms with E-state index in [-0.39, 0.29) is 0 Å². The molecule has 1 aliphatic rings. The molecule has 2 aromatic rings. The summed E-state index contributed by atoms with van der Waals surface area (Å²) in [5, 5.41) is 11.4. The standard InChI is InChI=1S/C25H30Cl2N2/c1-19(2)29(17-20-8-4-3-5-9-20)15-7-14-25(18-28,21-10-6-11-21)22-12-13-23(26)24(27)16-22/h3-5,8-9,12-13,16,19,21H,6-7,10-11,14-15,17H2,1-2H3. The molecule has 0 radical (unpaired) electrons.